The largest absolute Gasteiger partial charge is 0.395 e. The molecule has 0 spiro atoms. The molecule has 44 heavy (non-hydrogen) atoms. The highest BCUT2D eigenvalue weighted by Crippen LogP contribution is 2.33. The molecule has 2 saturated heterocycles. The molecule has 2 aliphatic rings. The van der Waals surface area contributed by atoms with E-state index in [0.717, 1.165) is 58.4 Å². The van der Waals surface area contributed by atoms with Crippen molar-refractivity contribution in [3.05, 3.63) is 45.7 Å². The smallest absolute Gasteiger partial charge is 0.314 e. The molecule has 0 radical (unpaired) electrons. The van der Waals surface area contributed by atoms with Crippen LogP contribution in [0.25, 0.3) is 0 Å². The van der Waals surface area contributed by atoms with E-state index in [2.05, 4.69) is 59.7 Å². The summed E-state index contributed by atoms with van der Waals surface area (Å²) >= 11 is 12.7. The minimum atomic E-state index is -0.517. The first-order chi connectivity index (χ1) is 21.2. The third-order valence-corrected chi connectivity index (χ3v) is 8.98. The number of rotatable bonds is 12. The number of carbonyl (C=O) groups excluding carboxylic acids is 2. The second kappa shape index (κ2) is 16.4. The number of aliphatic hydroxyl groups is 1. The normalized spacial score (nSPS) is 19.0. The van der Waals surface area contributed by atoms with E-state index in [1.807, 2.05) is 19.1 Å². The van der Waals surface area contributed by atoms with Crippen LogP contribution in [0.3, 0.4) is 0 Å². The van der Waals surface area contributed by atoms with Gasteiger partial charge in [0.25, 0.3) is 5.91 Å². The van der Waals surface area contributed by atoms with Crippen LogP contribution in [0.1, 0.15) is 61.6 Å². The third kappa shape index (κ3) is 8.63. The molecule has 2 aliphatic heterocycles. The molecule has 1 aromatic carbocycles. The zero-order chi connectivity index (χ0) is 31.6. The van der Waals surface area contributed by atoms with Gasteiger partial charge in [0.1, 0.15) is 0 Å². The molecule has 1 aromatic heterocycles. The maximum atomic E-state index is 12.3. The number of benzene rings is 1. The van der Waals surface area contributed by atoms with Gasteiger partial charge in [0.2, 0.25) is 0 Å². The number of nitrogens with zero attached hydrogens (tertiary/aromatic N) is 5. The Morgan fingerprint density at radius 3 is 2.41 bits per heavy atom. The number of carbonyl (C=O) groups is 2. The van der Waals surface area contributed by atoms with E-state index in [9.17, 15) is 9.59 Å². The van der Waals surface area contributed by atoms with Gasteiger partial charge in [0, 0.05) is 75.5 Å². The van der Waals surface area contributed by atoms with Gasteiger partial charge in [0.15, 0.2) is 22.5 Å². The molecule has 3 amide bonds. The lowest BCUT2D eigenvalue weighted by Gasteiger charge is -2.48. The van der Waals surface area contributed by atoms with Crippen LogP contribution in [0, 0.1) is 0 Å². The molecule has 2 fully saturated rings. The first kappa shape index (κ1) is 34.0. The fraction of sp³-hybridized carbons (Fsp3) is 0.600. The Hall–Kier alpha value is -2.90. The van der Waals surface area contributed by atoms with Gasteiger partial charge >= 0.3 is 6.03 Å². The van der Waals surface area contributed by atoms with Crippen LogP contribution >= 0.6 is 23.2 Å². The molecule has 6 N–H and O–H groups in total. The molecule has 4 rings (SSSR count). The lowest BCUT2D eigenvalue weighted by Crippen LogP contribution is -2.58. The molecule has 1 unspecified atom stereocenters. The summed E-state index contributed by atoms with van der Waals surface area (Å²) in [5.74, 6) is -0.0152. The van der Waals surface area contributed by atoms with Crippen LogP contribution in [0.5, 0.6) is 0 Å². The number of piperazine rings is 1. The Labute approximate surface area is 269 Å². The Balaban J connectivity index is 1.38. The highest BCUT2D eigenvalue weighted by atomic mass is 35.5. The predicted octanol–water partition coefficient (Wildman–Crippen LogP) is 2.90. The summed E-state index contributed by atoms with van der Waals surface area (Å²) in [5.41, 5.74) is 7.27. The molecule has 0 aliphatic carbocycles. The number of hydrogen-bond donors (Lipinski definition) is 5. The minimum absolute atomic E-state index is 0.0131. The fourth-order valence-electron chi connectivity index (χ4n) is 6.27. The number of likely N-dealkylation sites (tertiary alicyclic amines) is 1. The topological polar surface area (TPSA) is 152 Å². The van der Waals surface area contributed by atoms with Crippen molar-refractivity contribution in [2.75, 3.05) is 69.6 Å². The SMILES string of the molecule is CCNC(=O)NCCC(c1ccc(Cl)cc1)N1CCC(N2CCN(c3nc(N)c(C(=O)NCCO)nc3Cl)C[C@@H]2CC)CC1. The van der Waals surface area contributed by atoms with Crippen LogP contribution < -0.4 is 26.6 Å². The van der Waals surface area contributed by atoms with Crippen LogP contribution in [0.2, 0.25) is 10.2 Å². The number of nitrogens with two attached hydrogens (primary N) is 1. The number of aliphatic hydroxyl groups excluding tert-OH is 1. The number of nitrogens with one attached hydrogen (secondary N) is 3. The minimum Gasteiger partial charge on any atom is -0.395 e. The molecule has 0 saturated carbocycles. The van der Waals surface area contributed by atoms with E-state index < -0.39 is 5.91 Å². The van der Waals surface area contributed by atoms with Crippen LogP contribution in [0.4, 0.5) is 16.4 Å². The molecular weight excluding hydrogens is 605 g/mol. The zero-order valence-electron chi connectivity index (χ0n) is 25.6. The lowest BCUT2D eigenvalue weighted by atomic mass is 9.94. The number of piperidine rings is 1. The molecule has 2 aromatic rings. The summed E-state index contributed by atoms with van der Waals surface area (Å²) < 4.78 is 0. The van der Waals surface area contributed by atoms with Gasteiger partial charge in [-0.2, -0.15) is 0 Å². The van der Waals surface area contributed by atoms with Crippen LogP contribution in [-0.4, -0.2) is 108 Å². The van der Waals surface area contributed by atoms with Crippen molar-refractivity contribution in [2.45, 2.75) is 57.7 Å². The second-order valence-electron chi connectivity index (χ2n) is 11.2. The Kier molecular flexibility index (Phi) is 12.7. The van der Waals surface area contributed by atoms with E-state index in [1.54, 1.807) is 0 Å². The average molecular weight is 651 g/mol. The van der Waals surface area contributed by atoms with E-state index in [-0.39, 0.29) is 41.9 Å². The van der Waals surface area contributed by atoms with E-state index in [4.69, 9.17) is 34.0 Å². The average Bonchev–Trinajstić information content (AvgIpc) is 3.03. The van der Waals surface area contributed by atoms with Gasteiger partial charge < -0.3 is 31.7 Å². The maximum Gasteiger partial charge on any atom is 0.314 e. The first-order valence-corrected chi connectivity index (χ1v) is 16.2. The van der Waals surface area contributed by atoms with E-state index in [1.165, 1.54) is 5.56 Å². The van der Waals surface area contributed by atoms with E-state index >= 15 is 0 Å². The summed E-state index contributed by atoms with van der Waals surface area (Å²) in [6, 6.07) is 8.86. The molecule has 12 nitrogen and oxygen atoms in total. The fourth-order valence-corrected chi connectivity index (χ4v) is 6.64. The Morgan fingerprint density at radius 2 is 1.75 bits per heavy atom. The highest BCUT2D eigenvalue weighted by Gasteiger charge is 2.36. The van der Waals surface area contributed by atoms with Gasteiger partial charge in [-0.05, 0) is 50.3 Å². The van der Waals surface area contributed by atoms with Crippen molar-refractivity contribution in [2.24, 2.45) is 0 Å². The zero-order valence-corrected chi connectivity index (χ0v) is 27.1. The molecule has 0 bridgehead atoms. The molecular formula is C30H45Cl2N9O3. The van der Waals surface area contributed by atoms with Gasteiger partial charge in [-0.25, -0.2) is 14.8 Å². The quantitative estimate of drug-likeness (QED) is 0.234. The van der Waals surface area contributed by atoms with Crippen molar-refractivity contribution in [3.8, 4) is 0 Å². The summed E-state index contributed by atoms with van der Waals surface area (Å²) in [5, 5.41) is 18.1. The Bertz CT molecular complexity index is 1250. The number of hydrogen-bond acceptors (Lipinski definition) is 9. The number of halogens is 2. The van der Waals surface area contributed by atoms with Gasteiger partial charge in [-0.15, -0.1) is 0 Å². The molecule has 2 atom stereocenters. The van der Waals surface area contributed by atoms with Gasteiger partial charge in [0.05, 0.1) is 6.61 Å². The van der Waals surface area contributed by atoms with E-state index in [0.29, 0.717) is 36.0 Å². The van der Waals surface area contributed by atoms with Crippen molar-refractivity contribution in [3.63, 3.8) is 0 Å². The number of urea groups is 1. The number of anilines is 2. The van der Waals surface area contributed by atoms with Crippen molar-refractivity contribution < 1.29 is 14.7 Å². The van der Waals surface area contributed by atoms with Gasteiger partial charge in [-0.1, -0.05) is 42.3 Å². The summed E-state index contributed by atoms with van der Waals surface area (Å²) in [4.78, 5) is 40.3. The molecule has 242 valence electrons. The Morgan fingerprint density at radius 1 is 1.02 bits per heavy atom. The highest BCUT2D eigenvalue weighted by molar-refractivity contribution is 6.32. The second-order valence-corrected chi connectivity index (χ2v) is 12.0. The van der Waals surface area contributed by atoms with Crippen molar-refractivity contribution in [1.29, 1.82) is 0 Å². The van der Waals surface area contributed by atoms with Crippen LogP contribution in [0.15, 0.2) is 24.3 Å². The monoisotopic (exact) mass is 649 g/mol. The lowest BCUT2D eigenvalue weighted by molar-refractivity contribution is 0.0472. The number of aromatic nitrogens is 2. The number of amides is 3. The number of nitrogen functional groups attached to an aromatic ring is 1. The predicted molar refractivity (Wildman–Crippen MR) is 174 cm³/mol. The third-order valence-electron chi connectivity index (χ3n) is 8.48. The van der Waals surface area contributed by atoms with Crippen LogP contribution in [-0.2, 0) is 0 Å². The summed E-state index contributed by atoms with van der Waals surface area (Å²) in [6.45, 7) is 9.43. The van der Waals surface area contributed by atoms with Crippen molar-refractivity contribution in [1.82, 2.24) is 35.7 Å². The maximum absolute atomic E-state index is 12.3. The standard InChI is InChI=1S/C30H45Cl2N9O3/c1-3-22-19-40(28-26(32)37-25(27(33)38-28)29(43)35-13-18-42)16-17-41(22)23-10-14-39(15-11-23)24(9-12-36-30(44)34-4-2)20-5-7-21(31)8-6-20/h5-8,22-24,42H,3-4,9-19H2,1-2H3,(H2,33,38)(H,35,43)(H2,34,36,44)/t22-,24?/m0/s1. The first-order valence-electron chi connectivity index (χ1n) is 15.5. The molecule has 3 heterocycles. The summed E-state index contributed by atoms with van der Waals surface area (Å²) in [6.07, 6.45) is 3.88. The van der Waals surface area contributed by atoms with Gasteiger partial charge in [-0.3, -0.25) is 14.6 Å². The molecule has 14 heteroatoms. The van der Waals surface area contributed by atoms with Crippen molar-refractivity contribution >= 4 is 46.8 Å². The summed E-state index contributed by atoms with van der Waals surface area (Å²) in [7, 11) is 0.